The van der Waals surface area contributed by atoms with Crippen LogP contribution in [0.1, 0.15) is 36.7 Å². The number of aryl methyl sites for hydroxylation is 1. The molecule has 2 unspecified atom stereocenters. The van der Waals surface area contributed by atoms with Gasteiger partial charge in [0.2, 0.25) is 0 Å². The van der Waals surface area contributed by atoms with Crippen LogP contribution in [-0.2, 0) is 6.42 Å². The van der Waals surface area contributed by atoms with E-state index in [9.17, 15) is 4.79 Å². The van der Waals surface area contributed by atoms with E-state index in [1.165, 1.54) is 10.9 Å². The average Bonchev–Trinajstić information content (AvgIpc) is 3.17. The summed E-state index contributed by atoms with van der Waals surface area (Å²) in [5.41, 5.74) is 3.15. The summed E-state index contributed by atoms with van der Waals surface area (Å²) in [6, 6.07) is 9.96. The molecule has 7 nitrogen and oxygen atoms in total. The fourth-order valence-corrected chi connectivity index (χ4v) is 4.51. The Balaban J connectivity index is 1.40. The highest BCUT2D eigenvalue weighted by Crippen LogP contribution is 2.30. The molecule has 2 aliphatic rings. The van der Waals surface area contributed by atoms with Gasteiger partial charge in [0, 0.05) is 41.2 Å². The van der Waals surface area contributed by atoms with Gasteiger partial charge in [0.15, 0.2) is 6.17 Å². The van der Waals surface area contributed by atoms with E-state index in [0.717, 1.165) is 49.4 Å². The van der Waals surface area contributed by atoms with Gasteiger partial charge in [-0.05, 0) is 37.8 Å². The average molecular weight is 404 g/mol. The highest BCUT2D eigenvalue weighted by molar-refractivity contribution is 5.89. The second-order valence-corrected chi connectivity index (χ2v) is 8.10. The molecule has 0 spiro atoms. The molecule has 0 radical (unpaired) electrons. The molecule has 1 aliphatic heterocycles. The molecule has 1 aliphatic carbocycles. The Hall–Kier alpha value is -3.35. The fourth-order valence-electron chi connectivity index (χ4n) is 4.51. The number of aromatic nitrogens is 3. The van der Waals surface area contributed by atoms with E-state index in [-0.39, 0.29) is 11.7 Å². The van der Waals surface area contributed by atoms with Crippen LogP contribution in [0.25, 0.3) is 10.9 Å². The van der Waals surface area contributed by atoms with Gasteiger partial charge in [-0.3, -0.25) is 15.1 Å². The van der Waals surface area contributed by atoms with Crippen LogP contribution in [0.4, 0.5) is 5.95 Å². The van der Waals surface area contributed by atoms with Gasteiger partial charge in [0.05, 0.1) is 6.54 Å². The lowest BCUT2D eigenvalue weighted by atomic mass is 9.91. The first kappa shape index (κ1) is 18.7. The van der Waals surface area contributed by atoms with Crippen LogP contribution in [0.3, 0.4) is 0 Å². The number of fused-ring (bicyclic) bond motifs is 2. The van der Waals surface area contributed by atoms with E-state index >= 15 is 0 Å². The molecular formula is C23H27N6O+. The molecule has 0 amide bonds. The largest absolute Gasteiger partial charge is 0.361 e. The molecule has 0 fully saturated rings. The molecule has 5 rings (SSSR count). The third-order valence-electron chi connectivity index (χ3n) is 6.01. The molecule has 0 bridgehead atoms. The number of hydrogen-bond acceptors (Lipinski definition) is 2. The van der Waals surface area contributed by atoms with Crippen molar-refractivity contribution >= 4 is 22.8 Å². The maximum absolute atomic E-state index is 12.7. The monoisotopic (exact) mass is 403 g/mol. The van der Waals surface area contributed by atoms with Crippen molar-refractivity contribution in [3.05, 3.63) is 70.3 Å². The minimum atomic E-state index is -0.109. The van der Waals surface area contributed by atoms with Crippen molar-refractivity contribution in [2.24, 2.45) is 5.92 Å². The van der Waals surface area contributed by atoms with Crippen molar-refractivity contribution in [2.75, 3.05) is 11.9 Å². The smallest absolute Gasteiger partial charge is 0.352 e. The number of nitrogens with zero attached hydrogens (tertiary/aromatic N) is 2. The topological polar surface area (TPSA) is 88.7 Å². The quantitative estimate of drug-likeness (QED) is 0.498. The first-order valence-electron chi connectivity index (χ1n) is 10.6. The lowest BCUT2D eigenvalue weighted by Gasteiger charge is -2.32. The number of nitrogens with one attached hydrogen (secondary N) is 4. The van der Waals surface area contributed by atoms with E-state index in [4.69, 9.17) is 0 Å². The number of anilines is 1. The molecule has 154 valence electrons. The van der Waals surface area contributed by atoms with Crippen molar-refractivity contribution < 1.29 is 4.99 Å². The number of benzene rings is 1. The third-order valence-corrected chi connectivity index (χ3v) is 6.01. The third kappa shape index (κ3) is 3.51. The summed E-state index contributed by atoms with van der Waals surface area (Å²) >= 11 is 0. The molecule has 0 saturated heterocycles. The van der Waals surface area contributed by atoms with Crippen molar-refractivity contribution in [3.63, 3.8) is 0 Å². The number of rotatable bonds is 4. The molecular weight excluding hydrogens is 376 g/mol. The van der Waals surface area contributed by atoms with Crippen LogP contribution in [0, 0.1) is 12.8 Å². The number of H-pyrrole nitrogens is 1. The predicted octanol–water partition coefficient (Wildman–Crippen LogP) is 1.58. The van der Waals surface area contributed by atoms with Crippen LogP contribution in [0.5, 0.6) is 0 Å². The molecule has 30 heavy (non-hydrogen) atoms. The lowest BCUT2D eigenvalue weighted by molar-refractivity contribution is -0.459. The zero-order valence-electron chi connectivity index (χ0n) is 17.1. The highest BCUT2D eigenvalue weighted by atomic mass is 16.1. The zero-order chi connectivity index (χ0) is 20.5. The van der Waals surface area contributed by atoms with Gasteiger partial charge in [-0.25, -0.2) is 14.9 Å². The molecule has 7 heteroatoms. The van der Waals surface area contributed by atoms with Gasteiger partial charge < -0.3 is 4.98 Å². The SMILES string of the molecule is Cc1cc(=O)n2c(n1)NC(=[NH+]CCc1c[nH]c3ccccc13)NC2C1CC=CCC1. The molecule has 4 N–H and O–H groups in total. The summed E-state index contributed by atoms with van der Waals surface area (Å²) in [6.45, 7) is 2.62. The Morgan fingerprint density at radius 2 is 2.17 bits per heavy atom. The van der Waals surface area contributed by atoms with Crippen molar-refractivity contribution in [1.82, 2.24) is 19.9 Å². The van der Waals surface area contributed by atoms with Crippen LogP contribution >= 0.6 is 0 Å². The molecule has 3 aromatic rings. The summed E-state index contributed by atoms with van der Waals surface area (Å²) in [6.07, 6.45) is 10.4. The molecule has 0 saturated carbocycles. The Labute approximate surface area is 174 Å². The summed E-state index contributed by atoms with van der Waals surface area (Å²) in [7, 11) is 0. The summed E-state index contributed by atoms with van der Waals surface area (Å²) in [5, 5.41) is 8.08. The van der Waals surface area contributed by atoms with Gasteiger partial charge in [-0.1, -0.05) is 30.4 Å². The van der Waals surface area contributed by atoms with Crippen LogP contribution in [0.15, 0.2) is 53.5 Å². The number of hydrogen-bond donors (Lipinski definition) is 4. The molecule has 2 aromatic heterocycles. The fraction of sp³-hybridized carbons (Fsp3) is 0.348. The van der Waals surface area contributed by atoms with Crippen LogP contribution in [-0.4, -0.2) is 27.0 Å². The summed E-state index contributed by atoms with van der Waals surface area (Å²) in [5.74, 6) is 1.77. The number of para-hydroxylation sites is 1. The Kier molecular flexibility index (Phi) is 4.86. The van der Waals surface area contributed by atoms with E-state index in [0.29, 0.717) is 11.9 Å². The standard InChI is InChI=1S/C23H26N6O/c1-15-13-20(30)29-21(16-7-3-2-4-8-16)27-22(28-23(29)26-15)24-12-11-17-14-25-19-10-6-5-9-18(17)19/h2-3,5-6,9-10,13-14,16,21,25H,4,7-8,11-12H2,1H3,(H2,24,26,27,28)/p+1. The molecule has 1 aromatic carbocycles. The van der Waals surface area contributed by atoms with Gasteiger partial charge in [-0.2, -0.15) is 0 Å². The Bertz CT molecular complexity index is 1190. The van der Waals surface area contributed by atoms with Crippen molar-refractivity contribution in [3.8, 4) is 0 Å². The lowest BCUT2D eigenvalue weighted by Crippen LogP contribution is -2.80. The highest BCUT2D eigenvalue weighted by Gasteiger charge is 2.35. The normalized spacial score (nSPS) is 22.0. The van der Waals surface area contributed by atoms with Crippen LogP contribution in [0.2, 0.25) is 0 Å². The van der Waals surface area contributed by atoms with Crippen LogP contribution < -0.4 is 21.2 Å². The molecule has 3 heterocycles. The second kappa shape index (κ2) is 7.82. The molecule has 2 atom stereocenters. The maximum atomic E-state index is 12.7. The maximum Gasteiger partial charge on any atom is 0.352 e. The number of allylic oxidation sites excluding steroid dienone is 2. The van der Waals surface area contributed by atoms with Gasteiger partial charge >= 0.3 is 5.96 Å². The number of guanidine groups is 1. The van der Waals surface area contributed by atoms with Gasteiger partial charge in [-0.15, -0.1) is 0 Å². The van der Waals surface area contributed by atoms with Gasteiger partial charge in [0.25, 0.3) is 11.5 Å². The first-order valence-corrected chi connectivity index (χ1v) is 10.6. The summed E-state index contributed by atoms with van der Waals surface area (Å²) < 4.78 is 1.77. The Morgan fingerprint density at radius 1 is 1.27 bits per heavy atom. The van der Waals surface area contributed by atoms with E-state index in [1.807, 2.05) is 13.0 Å². The predicted molar refractivity (Wildman–Crippen MR) is 118 cm³/mol. The zero-order valence-corrected chi connectivity index (χ0v) is 17.1. The summed E-state index contributed by atoms with van der Waals surface area (Å²) in [4.78, 5) is 24.1. The minimum absolute atomic E-state index is 0.0186. The second-order valence-electron chi connectivity index (χ2n) is 8.10. The van der Waals surface area contributed by atoms with Crippen molar-refractivity contribution in [2.45, 2.75) is 38.8 Å². The minimum Gasteiger partial charge on any atom is -0.361 e. The van der Waals surface area contributed by atoms with E-state index in [1.54, 1.807) is 10.6 Å². The van der Waals surface area contributed by atoms with E-state index < -0.39 is 0 Å². The van der Waals surface area contributed by atoms with E-state index in [2.05, 4.69) is 62.1 Å². The Morgan fingerprint density at radius 3 is 3.03 bits per heavy atom. The van der Waals surface area contributed by atoms with Crippen molar-refractivity contribution in [1.29, 1.82) is 0 Å². The number of aromatic amines is 1. The first-order chi connectivity index (χ1) is 14.7. The van der Waals surface area contributed by atoms with Gasteiger partial charge in [0.1, 0.15) is 0 Å².